The number of carbonyl (C=O) groups excluding carboxylic acids is 1. The summed E-state index contributed by atoms with van der Waals surface area (Å²) in [5, 5.41) is 12.0. The van der Waals surface area contributed by atoms with Crippen molar-refractivity contribution >= 4 is 17.6 Å². The lowest BCUT2D eigenvalue weighted by Gasteiger charge is -2.19. The zero-order valence-electron chi connectivity index (χ0n) is 14.7. The Bertz CT molecular complexity index is 801. The molecule has 4 nitrogen and oxygen atoms in total. The van der Waals surface area contributed by atoms with E-state index in [0.717, 1.165) is 12.1 Å². The third-order valence-corrected chi connectivity index (χ3v) is 4.28. The molecule has 0 aliphatic heterocycles. The van der Waals surface area contributed by atoms with Gasteiger partial charge in [0, 0.05) is 12.1 Å². The summed E-state index contributed by atoms with van der Waals surface area (Å²) in [6, 6.07) is 10.4. The number of aliphatic carboxylic acids is 1. The van der Waals surface area contributed by atoms with Gasteiger partial charge >= 0.3 is 5.97 Å². The average Bonchev–Trinajstić information content (AvgIpc) is 2.58. The molecule has 0 fully saturated rings. The van der Waals surface area contributed by atoms with E-state index in [1.165, 1.54) is 6.07 Å². The van der Waals surface area contributed by atoms with Gasteiger partial charge in [-0.25, -0.2) is 8.78 Å². The van der Waals surface area contributed by atoms with Crippen LogP contribution in [0, 0.1) is 11.6 Å². The van der Waals surface area contributed by atoms with E-state index in [2.05, 4.69) is 5.32 Å². The molecule has 0 aliphatic rings. The highest BCUT2D eigenvalue weighted by atomic mass is 19.2. The standard InChI is InChI=1S/C20H21F2NO3/c1-20(2,19(25)26)14-7-9-15(10-8-14)23-18(24)5-3-4-13-6-11-16(21)17(22)12-13/h6-12H,3-5H2,1-2H3,(H,23,24)(H,25,26). The number of nitrogens with one attached hydrogen (secondary N) is 1. The summed E-state index contributed by atoms with van der Waals surface area (Å²) in [6.45, 7) is 3.22. The van der Waals surface area contributed by atoms with E-state index >= 15 is 0 Å². The predicted octanol–water partition coefficient (Wildman–Crippen LogP) is 4.29. The van der Waals surface area contributed by atoms with Crippen molar-refractivity contribution in [1.29, 1.82) is 0 Å². The molecule has 1 amide bonds. The second-order valence-corrected chi connectivity index (χ2v) is 6.66. The molecular weight excluding hydrogens is 340 g/mol. The molecule has 26 heavy (non-hydrogen) atoms. The van der Waals surface area contributed by atoms with Gasteiger partial charge in [0.1, 0.15) is 0 Å². The Morgan fingerprint density at radius 1 is 1.04 bits per heavy atom. The highest BCUT2D eigenvalue weighted by Gasteiger charge is 2.29. The number of benzene rings is 2. The van der Waals surface area contributed by atoms with Crippen molar-refractivity contribution in [3.05, 3.63) is 65.2 Å². The Hall–Kier alpha value is -2.76. The van der Waals surface area contributed by atoms with Crippen molar-refractivity contribution < 1.29 is 23.5 Å². The second-order valence-electron chi connectivity index (χ2n) is 6.66. The van der Waals surface area contributed by atoms with Crippen LogP contribution < -0.4 is 5.32 Å². The number of carboxylic acid groups (broad SMARTS) is 1. The lowest BCUT2D eigenvalue weighted by atomic mass is 9.85. The van der Waals surface area contributed by atoms with Crippen molar-refractivity contribution in [1.82, 2.24) is 0 Å². The van der Waals surface area contributed by atoms with Gasteiger partial charge in [-0.3, -0.25) is 9.59 Å². The van der Waals surface area contributed by atoms with E-state index in [1.807, 2.05) is 0 Å². The lowest BCUT2D eigenvalue weighted by Crippen LogP contribution is -2.28. The van der Waals surface area contributed by atoms with E-state index in [9.17, 15) is 23.5 Å². The van der Waals surface area contributed by atoms with Crippen LogP contribution in [0.4, 0.5) is 14.5 Å². The summed E-state index contributed by atoms with van der Waals surface area (Å²) in [6.07, 6.45) is 1.21. The maximum Gasteiger partial charge on any atom is 0.313 e. The van der Waals surface area contributed by atoms with Crippen LogP contribution in [0.25, 0.3) is 0 Å². The Balaban J connectivity index is 1.86. The first-order chi connectivity index (χ1) is 12.2. The summed E-state index contributed by atoms with van der Waals surface area (Å²) < 4.78 is 26.0. The smallest absolute Gasteiger partial charge is 0.313 e. The van der Waals surface area contributed by atoms with E-state index in [0.29, 0.717) is 29.7 Å². The monoisotopic (exact) mass is 361 g/mol. The topological polar surface area (TPSA) is 66.4 Å². The maximum atomic E-state index is 13.1. The summed E-state index contributed by atoms with van der Waals surface area (Å²) in [5.41, 5.74) is 0.846. The number of amides is 1. The van der Waals surface area contributed by atoms with Crippen LogP contribution in [-0.2, 0) is 21.4 Å². The van der Waals surface area contributed by atoms with Crippen LogP contribution in [-0.4, -0.2) is 17.0 Å². The lowest BCUT2D eigenvalue weighted by molar-refractivity contribution is -0.142. The third kappa shape index (κ3) is 4.88. The van der Waals surface area contributed by atoms with Crippen LogP contribution in [0.2, 0.25) is 0 Å². The molecule has 138 valence electrons. The van der Waals surface area contributed by atoms with E-state index in [4.69, 9.17) is 0 Å². The van der Waals surface area contributed by atoms with Crippen molar-refractivity contribution in [3.8, 4) is 0 Å². The fourth-order valence-electron chi connectivity index (χ4n) is 2.47. The van der Waals surface area contributed by atoms with Gasteiger partial charge in [-0.15, -0.1) is 0 Å². The first kappa shape index (κ1) is 19.6. The minimum absolute atomic E-state index is 0.196. The largest absolute Gasteiger partial charge is 0.481 e. The fourth-order valence-corrected chi connectivity index (χ4v) is 2.47. The summed E-state index contributed by atoms with van der Waals surface area (Å²) in [5.74, 6) is -2.90. The highest BCUT2D eigenvalue weighted by molar-refractivity contribution is 5.90. The molecule has 0 aliphatic carbocycles. The van der Waals surface area contributed by atoms with Crippen molar-refractivity contribution in [2.75, 3.05) is 5.32 Å². The molecule has 0 saturated carbocycles. The number of hydrogen-bond donors (Lipinski definition) is 2. The highest BCUT2D eigenvalue weighted by Crippen LogP contribution is 2.25. The number of rotatable bonds is 7. The van der Waals surface area contributed by atoms with Gasteiger partial charge in [0.05, 0.1) is 5.41 Å². The zero-order valence-corrected chi connectivity index (χ0v) is 14.7. The van der Waals surface area contributed by atoms with Gasteiger partial charge in [-0.2, -0.15) is 0 Å². The van der Waals surface area contributed by atoms with Gasteiger partial charge in [0.2, 0.25) is 5.91 Å². The molecule has 0 radical (unpaired) electrons. The summed E-state index contributed by atoms with van der Waals surface area (Å²) in [7, 11) is 0. The number of anilines is 1. The molecule has 0 heterocycles. The molecular formula is C20H21F2NO3. The molecule has 2 aromatic rings. The van der Waals surface area contributed by atoms with Crippen molar-refractivity contribution in [2.45, 2.75) is 38.5 Å². The molecule has 2 N–H and O–H groups in total. The van der Waals surface area contributed by atoms with Crippen LogP contribution in [0.5, 0.6) is 0 Å². The van der Waals surface area contributed by atoms with Gasteiger partial charge in [-0.1, -0.05) is 18.2 Å². The maximum absolute atomic E-state index is 13.1. The van der Waals surface area contributed by atoms with Crippen LogP contribution in [0.3, 0.4) is 0 Å². The van der Waals surface area contributed by atoms with E-state index in [1.54, 1.807) is 38.1 Å². The molecule has 2 rings (SSSR count). The van der Waals surface area contributed by atoms with Gasteiger partial charge in [-0.05, 0) is 62.1 Å². The molecule has 0 spiro atoms. The van der Waals surface area contributed by atoms with Gasteiger partial charge < -0.3 is 10.4 Å². The molecule has 0 unspecified atom stereocenters. The molecule has 0 aromatic heterocycles. The number of carbonyl (C=O) groups is 2. The van der Waals surface area contributed by atoms with E-state index < -0.39 is 23.0 Å². The molecule has 0 saturated heterocycles. The first-order valence-corrected chi connectivity index (χ1v) is 8.28. The normalized spacial score (nSPS) is 11.2. The second kappa shape index (κ2) is 8.08. The fraction of sp³-hybridized carbons (Fsp3) is 0.300. The summed E-state index contributed by atoms with van der Waals surface area (Å²) in [4.78, 5) is 23.2. The molecule has 0 atom stereocenters. The van der Waals surface area contributed by atoms with Crippen molar-refractivity contribution in [3.63, 3.8) is 0 Å². The van der Waals surface area contributed by atoms with Crippen LogP contribution >= 0.6 is 0 Å². The van der Waals surface area contributed by atoms with Gasteiger partial charge in [0.25, 0.3) is 0 Å². The predicted molar refractivity (Wildman–Crippen MR) is 95.0 cm³/mol. The number of carboxylic acids is 1. The Morgan fingerprint density at radius 2 is 1.69 bits per heavy atom. The number of halogens is 2. The number of hydrogen-bond acceptors (Lipinski definition) is 2. The quantitative estimate of drug-likeness (QED) is 0.773. The molecule has 6 heteroatoms. The average molecular weight is 361 g/mol. The minimum atomic E-state index is -1.01. The van der Waals surface area contributed by atoms with Crippen LogP contribution in [0.1, 0.15) is 37.8 Å². The van der Waals surface area contributed by atoms with Crippen molar-refractivity contribution in [2.24, 2.45) is 0 Å². The SMILES string of the molecule is CC(C)(C(=O)O)c1ccc(NC(=O)CCCc2ccc(F)c(F)c2)cc1. The van der Waals surface area contributed by atoms with Gasteiger partial charge in [0.15, 0.2) is 11.6 Å². The Morgan fingerprint density at radius 3 is 2.27 bits per heavy atom. The molecule has 0 bridgehead atoms. The summed E-state index contributed by atoms with van der Waals surface area (Å²) >= 11 is 0. The zero-order chi connectivity index (χ0) is 19.3. The Labute approximate surface area is 150 Å². The third-order valence-electron chi connectivity index (χ3n) is 4.28. The number of aryl methyl sites for hydroxylation is 1. The first-order valence-electron chi connectivity index (χ1n) is 8.28. The Kier molecular flexibility index (Phi) is 6.08. The molecule has 2 aromatic carbocycles. The minimum Gasteiger partial charge on any atom is -0.481 e. The van der Waals surface area contributed by atoms with E-state index in [-0.39, 0.29) is 12.3 Å². The van der Waals surface area contributed by atoms with Crippen LogP contribution in [0.15, 0.2) is 42.5 Å².